The van der Waals surface area contributed by atoms with Crippen LogP contribution < -0.4 is 16.4 Å². The molecule has 0 spiro atoms. The van der Waals surface area contributed by atoms with Crippen LogP contribution in [-0.4, -0.2) is 52.9 Å². The zero-order valence-electron chi connectivity index (χ0n) is 25.3. The lowest BCUT2D eigenvalue weighted by Gasteiger charge is -2.39. The van der Waals surface area contributed by atoms with E-state index in [9.17, 15) is 19.2 Å². The van der Waals surface area contributed by atoms with Gasteiger partial charge in [0, 0.05) is 12.6 Å². The Bertz CT molecular complexity index is 986. The number of hydrogen-bond donors (Lipinski definition) is 3. The number of nitrogens with zero attached hydrogens (tertiary/aromatic N) is 1. The number of nitrogens with two attached hydrogens (primary N) is 1. The molecule has 220 valence electrons. The van der Waals surface area contributed by atoms with E-state index in [1.807, 2.05) is 45.9 Å². The summed E-state index contributed by atoms with van der Waals surface area (Å²) in [5, 5.41) is 5.54. The van der Waals surface area contributed by atoms with E-state index in [1.165, 1.54) is 4.90 Å². The van der Waals surface area contributed by atoms with Crippen LogP contribution in [0.25, 0.3) is 0 Å². The first-order valence-electron chi connectivity index (χ1n) is 14.0. The Balaban J connectivity index is 3.68. The van der Waals surface area contributed by atoms with E-state index >= 15 is 0 Å². The molecule has 0 aliphatic rings. The lowest BCUT2D eigenvalue weighted by atomic mass is 9.92. The third kappa shape index (κ3) is 11.3. The van der Waals surface area contributed by atoms with Gasteiger partial charge in [-0.1, -0.05) is 45.4 Å². The Morgan fingerprint density at radius 3 is 2.23 bits per heavy atom. The number of hydrogen-bond acceptors (Lipinski definition) is 5. The average molecular weight is 547 g/mol. The van der Waals surface area contributed by atoms with E-state index in [2.05, 4.69) is 24.5 Å². The van der Waals surface area contributed by atoms with Crippen molar-refractivity contribution in [3.63, 3.8) is 0 Å². The summed E-state index contributed by atoms with van der Waals surface area (Å²) in [7, 11) is 0. The largest absolute Gasteiger partial charge is 0.444 e. The number of alkyl carbamates (subject to hydrolysis) is 1. The van der Waals surface area contributed by atoms with Crippen LogP contribution in [-0.2, 0) is 19.1 Å². The topological polar surface area (TPSA) is 131 Å². The van der Waals surface area contributed by atoms with Gasteiger partial charge < -0.3 is 26.0 Å². The SMILES string of the molecule is CCCCNC(=O)C(c1cccc(C)c1C)N(C(=O)C(CC(N)=O)NC(=O)OC(C)(C)C)C(C)CCC(C)C. The zero-order chi connectivity index (χ0) is 29.9. The van der Waals surface area contributed by atoms with Crippen LogP contribution in [0.15, 0.2) is 18.2 Å². The van der Waals surface area contributed by atoms with Gasteiger partial charge in [-0.25, -0.2) is 4.79 Å². The van der Waals surface area contributed by atoms with Gasteiger partial charge in [0.1, 0.15) is 17.7 Å². The van der Waals surface area contributed by atoms with Crippen molar-refractivity contribution in [3.8, 4) is 0 Å². The van der Waals surface area contributed by atoms with Crippen LogP contribution in [0.3, 0.4) is 0 Å². The fourth-order valence-electron chi connectivity index (χ4n) is 4.32. The van der Waals surface area contributed by atoms with Gasteiger partial charge in [-0.2, -0.15) is 0 Å². The molecule has 0 bridgehead atoms. The number of amides is 4. The maximum Gasteiger partial charge on any atom is 0.408 e. The first-order chi connectivity index (χ1) is 18.1. The van der Waals surface area contributed by atoms with Crippen LogP contribution in [0, 0.1) is 19.8 Å². The summed E-state index contributed by atoms with van der Waals surface area (Å²) < 4.78 is 5.36. The molecule has 3 unspecified atom stereocenters. The highest BCUT2D eigenvalue weighted by Gasteiger charge is 2.40. The first kappa shape index (κ1) is 33.9. The molecule has 0 fully saturated rings. The van der Waals surface area contributed by atoms with Gasteiger partial charge in [-0.15, -0.1) is 0 Å². The molecule has 0 saturated carbocycles. The molecule has 0 aliphatic carbocycles. The minimum atomic E-state index is -1.30. The van der Waals surface area contributed by atoms with Gasteiger partial charge in [0.05, 0.1) is 6.42 Å². The van der Waals surface area contributed by atoms with Crippen molar-refractivity contribution in [2.45, 2.75) is 118 Å². The molecule has 4 amide bonds. The van der Waals surface area contributed by atoms with Crippen molar-refractivity contribution in [3.05, 3.63) is 34.9 Å². The second-order valence-corrected chi connectivity index (χ2v) is 11.8. The third-order valence-electron chi connectivity index (χ3n) is 6.58. The molecule has 3 atom stereocenters. The highest BCUT2D eigenvalue weighted by Crippen LogP contribution is 2.31. The van der Waals surface area contributed by atoms with Crippen LogP contribution in [0.1, 0.15) is 103 Å². The van der Waals surface area contributed by atoms with Gasteiger partial charge in [0.2, 0.25) is 17.7 Å². The van der Waals surface area contributed by atoms with Crippen molar-refractivity contribution in [1.29, 1.82) is 0 Å². The van der Waals surface area contributed by atoms with Crippen LogP contribution in [0.5, 0.6) is 0 Å². The molecule has 0 aliphatic heterocycles. The summed E-state index contributed by atoms with van der Waals surface area (Å²) in [6.07, 6.45) is 1.88. The summed E-state index contributed by atoms with van der Waals surface area (Å²) in [5.41, 5.74) is 7.27. The molecule has 0 heterocycles. The Labute approximate surface area is 234 Å². The van der Waals surface area contributed by atoms with E-state index < -0.39 is 42.0 Å². The van der Waals surface area contributed by atoms with Crippen molar-refractivity contribution in [2.24, 2.45) is 11.7 Å². The smallest absolute Gasteiger partial charge is 0.408 e. The Hall–Kier alpha value is -3.10. The van der Waals surface area contributed by atoms with E-state index in [0.29, 0.717) is 24.4 Å². The maximum atomic E-state index is 14.3. The maximum absolute atomic E-state index is 14.3. The number of primary amides is 1. The van der Waals surface area contributed by atoms with Gasteiger partial charge in [0.25, 0.3) is 0 Å². The molecular formula is C30H50N4O5. The molecule has 9 heteroatoms. The summed E-state index contributed by atoms with van der Waals surface area (Å²) in [5.74, 6) is -1.25. The molecular weight excluding hydrogens is 496 g/mol. The molecule has 4 N–H and O–H groups in total. The number of rotatable bonds is 14. The number of aryl methyl sites for hydroxylation is 1. The quantitative estimate of drug-likeness (QED) is 0.292. The second-order valence-electron chi connectivity index (χ2n) is 11.8. The fraction of sp³-hybridized carbons (Fsp3) is 0.667. The van der Waals surface area contributed by atoms with Crippen molar-refractivity contribution >= 4 is 23.8 Å². The van der Waals surface area contributed by atoms with Crippen LogP contribution in [0.2, 0.25) is 0 Å². The zero-order valence-corrected chi connectivity index (χ0v) is 25.3. The summed E-state index contributed by atoms with van der Waals surface area (Å²) >= 11 is 0. The highest BCUT2D eigenvalue weighted by atomic mass is 16.6. The standard InChI is InChI=1S/C30H50N4O5/c1-10-11-17-32-27(36)26(23-14-12-13-20(4)22(23)6)34(21(5)16-15-19(2)3)28(37)24(18-25(31)35)33-29(38)39-30(7,8)9/h12-14,19,21,24,26H,10-11,15-18H2,1-9H3,(H2,31,35)(H,32,36)(H,33,38). The monoisotopic (exact) mass is 546 g/mol. The molecule has 1 aromatic carbocycles. The number of unbranched alkanes of at least 4 members (excludes halogenated alkanes) is 1. The molecule has 0 aromatic heterocycles. The van der Waals surface area contributed by atoms with E-state index in [1.54, 1.807) is 20.8 Å². The Morgan fingerprint density at radius 2 is 1.69 bits per heavy atom. The lowest BCUT2D eigenvalue weighted by Crippen LogP contribution is -2.56. The molecule has 39 heavy (non-hydrogen) atoms. The number of carbonyl (C=O) groups excluding carboxylic acids is 4. The molecule has 1 rings (SSSR count). The number of carbonyl (C=O) groups is 4. The average Bonchev–Trinajstić information content (AvgIpc) is 2.80. The van der Waals surface area contributed by atoms with Gasteiger partial charge >= 0.3 is 6.09 Å². The highest BCUT2D eigenvalue weighted by molar-refractivity contribution is 5.94. The fourth-order valence-corrected chi connectivity index (χ4v) is 4.32. The van der Waals surface area contributed by atoms with Crippen molar-refractivity contribution < 1.29 is 23.9 Å². The predicted octanol–water partition coefficient (Wildman–Crippen LogP) is 4.68. The molecule has 0 radical (unpaired) electrons. The summed E-state index contributed by atoms with van der Waals surface area (Å²) in [4.78, 5) is 54.3. The summed E-state index contributed by atoms with van der Waals surface area (Å²) in [6.45, 7) is 17.6. The molecule has 9 nitrogen and oxygen atoms in total. The minimum absolute atomic E-state index is 0.308. The van der Waals surface area contributed by atoms with E-state index in [-0.39, 0.29) is 11.9 Å². The normalized spacial score (nSPS) is 13.8. The Morgan fingerprint density at radius 1 is 1.05 bits per heavy atom. The van der Waals surface area contributed by atoms with Gasteiger partial charge in [-0.3, -0.25) is 14.4 Å². The predicted molar refractivity (Wildman–Crippen MR) is 154 cm³/mol. The van der Waals surface area contributed by atoms with E-state index in [0.717, 1.165) is 30.4 Å². The number of ether oxygens (including phenoxy) is 1. The second kappa shape index (κ2) is 15.5. The first-order valence-corrected chi connectivity index (χ1v) is 14.0. The molecule has 1 aromatic rings. The van der Waals surface area contributed by atoms with Crippen LogP contribution >= 0.6 is 0 Å². The number of nitrogens with one attached hydrogen (secondary N) is 2. The van der Waals surface area contributed by atoms with Crippen LogP contribution in [0.4, 0.5) is 4.79 Å². The van der Waals surface area contributed by atoms with Gasteiger partial charge in [0.15, 0.2) is 0 Å². The minimum Gasteiger partial charge on any atom is -0.444 e. The third-order valence-corrected chi connectivity index (χ3v) is 6.58. The Kier molecular flexibility index (Phi) is 13.5. The molecule has 0 saturated heterocycles. The van der Waals surface area contributed by atoms with Gasteiger partial charge in [-0.05, 0) is 83.4 Å². The summed E-state index contributed by atoms with van der Waals surface area (Å²) in [6, 6.07) is 3.04. The van der Waals surface area contributed by atoms with E-state index in [4.69, 9.17) is 10.5 Å². The number of benzene rings is 1. The van der Waals surface area contributed by atoms with Crippen molar-refractivity contribution in [2.75, 3.05) is 6.54 Å². The lowest BCUT2D eigenvalue weighted by molar-refractivity contribution is -0.146. The van der Waals surface area contributed by atoms with Crippen molar-refractivity contribution in [1.82, 2.24) is 15.5 Å².